The third-order valence-electron chi connectivity index (χ3n) is 3.65. The third-order valence-corrected chi connectivity index (χ3v) is 5.67. The molecule has 19 heavy (non-hydrogen) atoms. The first kappa shape index (κ1) is 14.5. The third kappa shape index (κ3) is 3.16. The zero-order valence-electron chi connectivity index (χ0n) is 11.2. The van der Waals surface area contributed by atoms with Crippen LogP contribution in [0, 0.1) is 0 Å². The maximum atomic E-state index is 12.5. The number of sulfonamides is 1. The molecule has 1 N–H and O–H groups in total. The van der Waals surface area contributed by atoms with E-state index in [-0.39, 0.29) is 12.6 Å². The molecule has 0 spiro atoms. The summed E-state index contributed by atoms with van der Waals surface area (Å²) in [4.78, 5) is 0.369. The van der Waals surface area contributed by atoms with Crippen molar-refractivity contribution in [1.29, 1.82) is 0 Å². The molecule has 0 radical (unpaired) electrons. The van der Waals surface area contributed by atoms with Crippen molar-refractivity contribution in [3.63, 3.8) is 0 Å². The molecule has 1 aliphatic heterocycles. The van der Waals surface area contributed by atoms with Crippen LogP contribution in [0.2, 0.25) is 0 Å². The number of hydrogen-bond acceptors (Lipinski definition) is 3. The Kier molecular flexibility index (Phi) is 4.60. The van der Waals surface area contributed by atoms with E-state index in [0.717, 1.165) is 24.8 Å². The summed E-state index contributed by atoms with van der Waals surface area (Å²) in [5, 5.41) is 8.78. The highest BCUT2D eigenvalue weighted by molar-refractivity contribution is 7.89. The van der Waals surface area contributed by atoms with Crippen molar-refractivity contribution < 1.29 is 13.5 Å². The van der Waals surface area contributed by atoms with Crippen LogP contribution in [0.25, 0.3) is 0 Å². The number of aryl methyl sites for hydroxylation is 1. The van der Waals surface area contributed by atoms with Gasteiger partial charge in [-0.15, -0.1) is 0 Å². The number of aliphatic hydroxyl groups is 1. The van der Waals surface area contributed by atoms with Gasteiger partial charge in [-0.3, -0.25) is 0 Å². The number of benzene rings is 1. The Morgan fingerprint density at radius 3 is 2.53 bits per heavy atom. The van der Waals surface area contributed by atoms with Crippen LogP contribution in [-0.4, -0.2) is 37.0 Å². The lowest BCUT2D eigenvalue weighted by atomic mass is 10.1. The van der Waals surface area contributed by atoms with E-state index < -0.39 is 10.0 Å². The second-order valence-electron chi connectivity index (χ2n) is 5.08. The monoisotopic (exact) mass is 283 g/mol. The van der Waals surface area contributed by atoms with Gasteiger partial charge in [0.25, 0.3) is 0 Å². The second kappa shape index (κ2) is 6.03. The van der Waals surface area contributed by atoms with Gasteiger partial charge in [0.2, 0.25) is 10.0 Å². The average molecular weight is 283 g/mol. The van der Waals surface area contributed by atoms with Crippen LogP contribution in [0.1, 0.15) is 31.7 Å². The lowest BCUT2D eigenvalue weighted by Crippen LogP contribution is -2.33. The van der Waals surface area contributed by atoms with E-state index in [1.54, 1.807) is 16.4 Å². The highest BCUT2D eigenvalue weighted by Gasteiger charge is 2.32. The Balaban J connectivity index is 2.16. The molecule has 0 saturated carbocycles. The summed E-state index contributed by atoms with van der Waals surface area (Å²) >= 11 is 0. The summed E-state index contributed by atoms with van der Waals surface area (Å²) in [7, 11) is -3.34. The first-order valence-corrected chi connectivity index (χ1v) is 8.21. The summed E-state index contributed by atoms with van der Waals surface area (Å²) in [6, 6.07) is 7.12. The fourth-order valence-corrected chi connectivity index (χ4v) is 4.21. The Labute approximate surface area is 115 Å². The molecule has 2 rings (SSSR count). The minimum absolute atomic E-state index is 0.0964. The molecule has 1 heterocycles. The van der Waals surface area contributed by atoms with E-state index in [4.69, 9.17) is 5.11 Å². The van der Waals surface area contributed by atoms with Gasteiger partial charge in [-0.25, -0.2) is 8.42 Å². The van der Waals surface area contributed by atoms with Gasteiger partial charge >= 0.3 is 0 Å². The van der Waals surface area contributed by atoms with Gasteiger partial charge < -0.3 is 5.11 Å². The van der Waals surface area contributed by atoms with Gasteiger partial charge in [0.05, 0.1) is 4.90 Å². The van der Waals surface area contributed by atoms with Gasteiger partial charge in [0, 0.05) is 19.2 Å². The van der Waals surface area contributed by atoms with Crippen molar-refractivity contribution in [2.75, 3.05) is 13.2 Å². The van der Waals surface area contributed by atoms with E-state index in [9.17, 15) is 8.42 Å². The van der Waals surface area contributed by atoms with E-state index in [0.29, 0.717) is 17.9 Å². The number of nitrogens with zero attached hydrogens (tertiary/aromatic N) is 1. The van der Waals surface area contributed by atoms with Crippen molar-refractivity contribution in [1.82, 2.24) is 4.31 Å². The Hall–Kier alpha value is -0.910. The molecule has 1 atom stereocenters. The zero-order chi connectivity index (χ0) is 13.9. The highest BCUT2D eigenvalue weighted by Crippen LogP contribution is 2.25. The summed E-state index contributed by atoms with van der Waals surface area (Å²) in [6.07, 6.45) is 3.36. The molecule has 1 aromatic carbocycles. The zero-order valence-corrected chi connectivity index (χ0v) is 12.1. The van der Waals surface area contributed by atoms with Gasteiger partial charge in [-0.2, -0.15) is 4.31 Å². The summed E-state index contributed by atoms with van der Waals surface area (Å²) in [6.45, 7) is 2.74. The maximum absolute atomic E-state index is 12.5. The molecule has 0 amide bonds. The molecule has 5 heteroatoms. The van der Waals surface area contributed by atoms with Gasteiger partial charge in [-0.1, -0.05) is 12.1 Å². The summed E-state index contributed by atoms with van der Waals surface area (Å²) in [5.74, 6) is 0. The first-order valence-electron chi connectivity index (χ1n) is 6.77. The van der Waals surface area contributed by atoms with Gasteiger partial charge in [0.15, 0.2) is 0 Å². The van der Waals surface area contributed by atoms with Crippen LogP contribution >= 0.6 is 0 Å². The molecule has 1 fully saturated rings. The van der Waals surface area contributed by atoms with Crippen LogP contribution in [0.5, 0.6) is 0 Å². The largest absolute Gasteiger partial charge is 0.396 e. The van der Waals surface area contributed by atoms with Crippen LogP contribution in [0.3, 0.4) is 0 Å². The minimum atomic E-state index is -3.34. The standard InChI is InChI=1S/C14H21NO3S/c1-12-4-2-10-15(12)19(17,18)14-8-6-13(7-9-14)5-3-11-16/h6-9,12,16H,2-5,10-11H2,1H3. The molecule has 1 aliphatic rings. The average Bonchev–Trinajstić information content (AvgIpc) is 2.84. The fraction of sp³-hybridized carbons (Fsp3) is 0.571. The van der Waals surface area contributed by atoms with E-state index in [1.165, 1.54) is 0 Å². The molecule has 1 unspecified atom stereocenters. The second-order valence-corrected chi connectivity index (χ2v) is 6.97. The molecule has 0 aromatic heterocycles. The number of aliphatic hydroxyl groups excluding tert-OH is 1. The number of hydrogen-bond donors (Lipinski definition) is 1. The fourth-order valence-electron chi connectivity index (χ4n) is 2.51. The Bertz CT molecular complexity index is 510. The molecule has 4 nitrogen and oxygen atoms in total. The highest BCUT2D eigenvalue weighted by atomic mass is 32.2. The lowest BCUT2D eigenvalue weighted by molar-refractivity contribution is 0.288. The minimum Gasteiger partial charge on any atom is -0.396 e. The van der Waals surface area contributed by atoms with Crippen LogP contribution in [-0.2, 0) is 16.4 Å². The van der Waals surface area contributed by atoms with Crippen molar-refractivity contribution >= 4 is 10.0 Å². The van der Waals surface area contributed by atoms with Crippen LogP contribution in [0.4, 0.5) is 0 Å². The van der Waals surface area contributed by atoms with Crippen LogP contribution in [0.15, 0.2) is 29.2 Å². The van der Waals surface area contributed by atoms with Crippen molar-refractivity contribution in [3.05, 3.63) is 29.8 Å². The van der Waals surface area contributed by atoms with Gasteiger partial charge in [0.1, 0.15) is 0 Å². The molecule has 0 bridgehead atoms. The Morgan fingerprint density at radius 2 is 2.00 bits per heavy atom. The molecule has 0 aliphatic carbocycles. The van der Waals surface area contributed by atoms with Gasteiger partial charge in [-0.05, 0) is 50.3 Å². The van der Waals surface area contributed by atoms with E-state index in [2.05, 4.69) is 0 Å². The summed E-state index contributed by atoms with van der Waals surface area (Å²) < 4.78 is 26.5. The molecule has 1 saturated heterocycles. The normalized spacial score (nSPS) is 20.8. The smallest absolute Gasteiger partial charge is 0.243 e. The van der Waals surface area contributed by atoms with Crippen molar-refractivity contribution in [3.8, 4) is 0 Å². The molecule has 106 valence electrons. The van der Waals surface area contributed by atoms with Crippen LogP contribution < -0.4 is 0 Å². The van der Waals surface area contributed by atoms with E-state index >= 15 is 0 Å². The molecular weight excluding hydrogens is 262 g/mol. The summed E-state index contributed by atoms with van der Waals surface area (Å²) in [5.41, 5.74) is 1.06. The predicted octanol–water partition coefficient (Wildman–Crippen LogP) is 1.78. The predicted molar refractivity (Wildman–Crippen MR) is 74.4 cm³/mol. The molecule has 1 aromatic rings. The Morgan fingerprint density at radius 1 is 1.32 bits per heavy atom. The quantitative estimate of drug-likeness (QED) is 0.896. The maximum Gasteiger partial charge on any atom is 0.243 e. The topological polar surface area (TPSA) is 57.6 Å². The molecular formula is C14H21NO3S. The van der Waals surface area contributed by atoms with E-state index in [1.807, 2.05) is 19.1 Å². The lowest BCUT2D eigenvalue weighted by Gasteiger charge is -2.21. The van der Waals surface area contributed by atoms with Crippen molar-refractivity contribution in [2.24, 2.45) is 0 Å². The SMILES string of the molecule is CC1CCCN1S(=O)(=O)c1ccc(CCCO)cc1. The first-order chi connectivity index (χ1) is 9.05. The van der Waals surface area contributed by atoms with Crippen molar-refractivity contribution in [2.45, 2.75) is 43.5 Å². The number of rotatable bonds is 5.